The number of carbonyl (C=O) groups is 1. The molecule has 2 aromatic heterocycles. The highest BCUT2D eigenvalue weighted by Gasteiger charge is 2.14. The minimum absolute atomic E-state index is 0.0781. The van der Waals surface area contributed by atoms with E-state index in [1.54, 1.807) is 35.1 Å². The number of aromatic nitrogens is 3. The second-order valence-corrected chi connectivity index (χ2v) is 6.61. The van der Waals surface area contributed by atoms with Gasteiger partial charge in [-0.15, -0.1) is 0 Å². The van der Waals surface area contributed by atoms with Crippen molar-refractivity contribution < 1.29 is 9.18 Å². The number of pyridine rings is 1. The molecule has 3 rings (SSSR count). The predicted molar refractivity (Wildman–Crippen MR) is 95.2 cm³/mol. The van der Waals surface area contributed by atoms with Crippen LogP contribution < -0.4 is 5.56 Å². The molecule has 0 unspecified atom stereocenters. The highest BCUT2D eigenvalue weighted by molar-refractivity contribution is 9.10. The van der Waals surface area contributed by atoms with E-state index in [1.165, 1.54) is 22.8 Å². The van der Waals surface area contributed by atoms with Crippen molar-refractivity contribution in [2.45, 2.75) is 20.0 Å². The average molecular weight is 404 g/mol. The van der Waals surface area contributed by atoms with Gasteiger partial charge in [0.05, 0.1) is 13.1 Å². The van der Waals surface area contributed by atoms with Crippen molar-refractivity contribution in [3.05, 3.63) is 86.3 Å². The van der Waals surface area contributed by atoms with Crippen LogP contribution in [0.25, 0.3) is 0 Å². The van der Waals surface area contributed by atoms with Gasteiger partial charge in [-0.1, -0.05) is 12.1 Å². The first-order valence-electron chi connectivity index (χ1n) is 7.60. The van der Waals surface area contributed by atoms with Gasteiger partial charge in [-0.25, -0.2) is 4.39 Å². The Bertz CT molecular complexity index is 977. The second-order valence-electron chi connectivity index (χ2n) is 5.69. The minimum Gasteiger partial charge on any atom is -0.307 e. The second kappa shape index (κ2) is 7.14. The van der Waals surface area contributed by atoms with E-state index in [2.05, 4.69) is 21.0 Å². The van der Waals surface area contributed by atoms with Gasteiger partial charge in [0.25, 0.3) is 5.56 Å². The van der Waals surface area contributed by atoms with Crippen molar-refractivity contribution >= 4 is 21.7 Å². The van der Waals surface area contributed by atoms with Gasteiger partial charge in [0.15, 0.2) is 0 Å². The van der Waals surface area contributed by atoms with E-state index in [-0.39, 0.29) is 23.7 Å². The monoisotopic (exact) mass is 403 g/mol. The summed E-state index contributed by atoms with van der Waals surface area (Å²) in [5.41, 5.74) is 1.74. The highest BCUT2D eigenvalue weighted by Crippen LogP contribution is 2.11. The molecular weight excluding hydrogens is 389 g/mol. The van der Waals surface area contributed by atoms with E-state index in [0.717, 1.165) is 15.7 Å². The standard InChI is InChI=1S/C18H15BrFN3O2/c1-12-8-16(17(24)11-22-10-14(19)4-7-18(22)25)21-23(12)9-13-2-5-15(20)6-3-13/h2-8,10H,9,11H2,1H3. The van der Waals surface area contributed by atoms with Crippen LogP contribution in [0.4, 0.5) is 4.39 Å². The molecule has 0 bridgehead atoms. The number of hydrogen-bond donors (Lipinski definition) is 0. The summed E-state index contributed by atoms with van der Waals surface area (Å²) in [6.45, 7) is 2.21. The molecule has 0 saturated carbocycles. The number of halogens is 2. The van der Waals surface area contributed by atoms with Crippen molar-refractivity contribution in [1.29, 1.82) is 0 Å². The number of carbonyl (C=O) groups excluding carboxylic acids is 1. The van der Waals surface area contributed by atoms with Crippen molar-refractivity contribution in [3.8, 4) is 0 Å². The molecule has 3 aromatic rings. The Morgan fingerprint density at radius 2 is 1.92 bits per heavy atom. The summed E-state index contributed by atoms with van der Waals surface area (Å²) in [5, 5.41) is 4.32. The zero-order chi connectivity index (χ0) is 18.0. The maximum absolute atomic E-state index is 13.0. The van der Waals surface area contributed by atoms with Crippen molar-refractivity contribution in [1.82, 2.24) is 14.3 Å². The molecule has 1 aromatic carbocycles. The lowest BCUT2D eigenvalue weighted by Crippen LogP contribution is -2.23. The minimum atomic E-state index is -0.295. The number of rotatable bonds is 5. The summed E-state index contributed by atoms with van der Waals surface area (Å²) in [6.07, 6.45) is 1.57. The van der Waals surface area contributed by atoms with E-state index in [4.69, 9.17) is 0 Å². The molecule has 0 aliphatic carbocycles. The molecule has 0 N–H and O–H groups in total. The number of benzene rings is 1. The molecule has 128 valence electrons. The summed E-state index contributed by atoms with van der Waals surface area (Å²) in [6, 6.07) is 10.9. The maximum atomic E-state index is 13.0. The SMILES string of the molecule is Cc1cc(C(=O)Cn2cc(Br)ccc2=O)nn1Cc1ccc(F)cc1. The van der Waals surface area contributed by atoms with E-state index in [9.17, 15) is 14.0 Å². The Hall–Kier alpha value is -2.54. The number of ketones is 1. The molecule has 0 amide bonds. The molecule has 2 heterocycles. The van der Waals surface area contributed by atoms with Crippen molar-refractivity contribution in [3.63, 3.8) is 0 Å². The quantitative estimate of drug-likeness (QED) is 0.614. The Morgan fingerprint density at radius 3 is 2.64 bits per heavy atom. The molecule has 0 radical (unpaired) electrons. The lowest BCUT2D eigenvalue weighted by Gasteiger charge is -2.05. The third kappa shape index (κ3) is 4.11. The fourth-order valence-electron chi connectivity index (χ4n) is 2.43. The first-order chi connectivity index (χ1) is 11.9. The van der Waals surface area contributed by atoms with Gasteiger partial charge >= 0.3 is 0 Å². The molecule has 0 atom stereocenters. The molecule has 0 aliphatic rings. The number of nitrogens with zero attached hydrogens (tertiary/aromatic N) is 3. The largest absolute Gasteiger partial charge is 0.307 e. The van der Waals surface area contributed by atoms with Crippen molar-refractivity contribution in [2.24, 2.45) is 0 Å². The lowest BCUT2D eigenvalue weighted by atomic mass is 10.2. The smallest absolute Gasteiger partial charge is 0.251 e. The number of Topliss-reactive ketones (excluding diaryl/α,β-unsaturated/α-hetero) is 1. The Morgan fingerprint density at radius 1 is 1.20 bits per heavy atom. The van der Waals surface area contributed by atoms with Crippen LogP contribution in [0.1, 0.15) is 21.7 Å². The summed E-state index contributed by atoms with van der Waals surface area (Å²) >= 11 is 3.28. The Balaban J connectivity index is 1.79. The maximum Gasteiger partial charge on any atom is 0.251 e. The first kappa shape index (κ1) is 17.3. The zero-order valence-corrected chi connectivity index (χ0v) is 15.0. The number of aryl methyl sites for hydroxylation is 1. The fraction of sp³-hybridized carbons (Fsp3) is 0.167. The molecule has 0 spiro atoms. The highest BCUT2D eigenvalue weighted by atomic mass is 79.9. The fourth-order valence-corrected chi connectivity index (χ4v) is 2.81. The normalized spacial score (nSPS) is 10.8. The Kier molecular flexibility index (Phi) is 4.94. The Labute approximate surface area is 151 Å². The lowest BCUT2D eigenvalue weighted by molar-refractivity contribution is 0.0965. The summed E-state index contributed by atoms with van der Waals surface area (Å²) in [7, 11) is 0. The number of hydrogen-bond acceptors (Lipinski definition) is 3. The van der Waals surface area contributed by atoms with Crippen LogP contribution in [-0.4, -0.2) is 20.1 Å². The molecule has 0 fully saturated rings. The third-order valence-electron chi connectivity index (χ3n) is 3.77. The molecule has 0 aliphatic heterocycles. The van der Waals surface area contributed by atoms with Crippen LogP contribution in [-0.2, 0) is 13.1 Å². The van der Waals surface area contributed by atoms with Gasteiger partial charge in [0.2, 0.25) is 5.78 Å². The van der Waals surface area contributed by atoms with E-state index < -0.39 is 0 Å². The third-order valence-corrected chi connectivity index (χ3v) is 4.24. The molecule has 7 heteroatoms. The van der Waals surface area contributed by atoms with Gasteiger partial charge in [0.1, 0.15) is 11.5 Å². The zero-order valence-electron chi connectivity index (χ0n) is 13.4. The molecule has 25 heavy (non-hydrogen) atoms. The summed E-state index contributed by atoms with van der Waals surface area (Å²) in [4.78, 5) is 24.3. The topological polar surface area (TPSA) is 56.9 Å². The van der Waals surface area contributed by atoms with Crippen molar-refractivity contribution in [2.75, 3.05) is 0 Å². The van der Waals surface area contributed by atoms with Crippen LogP contribution in [0.5, 0.6) is 0 Å². The van der Waals surface area contributed by atoms with E-state index >= 15 is 0 Å². The van der Waals surface area contributed by atoms with Gasteiger partial charge in [-0.2, -0.15) is 5.10 Å². The molecule has 0 saturated heterocycles. The van der Waals surface area contributed by atoms with Gasteiger partial charge in [-0.05, 0) is 52.7 Å². The van der Waals surface area contributed by atoms with E-state index in [0.29, 0.717) is 12.2 Å². The van der Waals surface area contributed by atoms with Crippen LogP contribution in [0, 0.1) is 12.7 Å². The summed E-state index contributed by atoms with van der Waals surface area (Å²) < 4.78 is 16.7. The van der Waals surface area contributed by atoms with Gasteiger partial charge in [0, 0.05) is 22.4 Å². The predicted octanol–water partition coefficient (Wildman–Crippen LogP) is 3.19. The van der Waals surface area contributed by atoms with Gasteiger partial charge < -0.3 is 4.57 Å². The van der Waals surface area contributed by atoms with Crippen LogP contribution in [0.2, 0.25) is 0 Å². The summed E-state index contributed by atoms with van der Waals surface area (Å²) in [5.74, 6) is -0.544. The first-order valence-corrected chi connectivity index (χ1v) is 8.40. The average Bonchev–Trinajstić information content (AvgIpc) is 2.94. The van der Waals surface area contributed by atoms with E-state index in [1.807, 2.05) is 6.92 Å². The van der Waals surface area contributed by atoms with Crippen LogP contribution in [0.15, 0.2) is 57.9 Å². The van der Waals surface area contributed by atoms with Gasteiger partial charge in [-0.3, -0.25) is 14.3 Å². The van der Waals surface area contributed by atoms with Crippen LogP contribution in [0.3, 0.4) is 0 Å². The molecular formula is C18H15BrFN3O2. The van der Waals surface area contributed by atoms with Crippen LogP contribution >= 0.6 is 15.9 Å². The molecule has 5 nitrogen and oxygen atoms in total.